The fourth-order valence-corrected chi connectivity index (χ4v) is 1.43. The van der Waals surface area contributed by atoms with Crippen LogP contribution in [0.3, 0.4) is 0 Å². The maximum absolute atomic E-state index is 12.5. The first kappa shape index (κ1) is 14.6. The number of halogens is 6. The molecule has 0 spiro atoms. The molecule has 0 radical (unpaired) electrons. The zero-order valence-corrected chi connectivity index (χ0v) is 9.19. The summed E-state index contributed by atoms with van der Waals surface area (Å²) < 4.78 is 62.1. The molecule has 0 aliphatic rings. The van der Waals surface area contributed by atoms with Gasteiger partial charge in [-0.25, -0.2) is 13.8 Å². The van der Waals surface area contributed by atoms with Gasteiger partial charge in [0.1, 0.15) is 11.4 Å². The van der Waals surface area contributed by atoms with Crippen molar-refractivity contribution < 1.29 is 31.9 Å². The Hall–Kier alpha value is -1.44. The van der Waals surface area contributed by atoms with Crippen molar-refractivity contribution in [1.82, 2.24) is 4.98 Å². The summed E-state index contributed by atoms with van der Waals surface area (Å²) in [5, 5.41) is 7.70. The Labute approximate surface area is 102 Å². The number of carbonyl (C=O) groups is 1. The normalized spacial score (nSPS) is 11.9. The van der Waals surface area contributed by atoms with Crippen molar-refractivity contribution in [3.05, 3.63) is 28.0 Å². The molecule has 0 aromatic carbocycles. The van der Waals surface area contributed by atoms with Crippen LogP contribution in [0.1, 0.15) is 23.4 Å². The lowest BCUT2D eigenvalue weighted by Gasteiger charge is -2.12. The predicted molar refractivity (Wildman–Crippen MR) is 50.5 cm³/mol. The number of carboxylic acids is 1. The lowest BCUT2D eigenvalue weighted by Crippen LogP contribution is -2.13. The van der Waals surface area contributed by atoms with Crippen LogP contribution < -0.4 is 0 Å². The Morgan fingerprint density at radius 1 is 1.44 bits per heavy atom. The average Bonchev–Trinajstić information content (AvgIpc) is 2.18. The lowest BCUT2D eigenvalue weighted by molar-refractivity contribution is -0.142. The highest BCUT2D eigenvalue weighted by atomic mass is 35.5. The average molecular weight is 290 g/mol. The molecular weight excluding hydrogens is 285 g/mol. The van der Waals surface area contributed by atoms with Gasteiger partial charge in [0.25, 0.3) is 6.43 Å². The van der Waals surface area contributed by atoms with Crippen LogP contribution in [0.15, 0.2) is 6.07 Å². The molecule has 1 aromatic rings. The van der Waals surface area contributed by atoms with E-state index < -0.39 is 47.0 Å². The van der Waals surface area contributed by atoms with Crippen molar-refractivity contribution in [1.29, 1.82) is 0 Å². The largest absolute Gasteiger partial charge is 0.481 e. The minimum absolute atomic E-state index is 0.350. The molecule has 0 fully saturated rings. The van der Waals surface area contributed by atoms with E-state index in [-0.39, 0.29) is 0 Å². The number of hydrogen-bond acceptors (Lipinski definition) is 2. The molecule has 0 saturated carbocycles. The molecule has 0 bridgehead atoms. The van der Waals surface area contributed by atoms with Crippen LogP contribution in [0.25, 0.3) is 0 Å². The second-order valence-electron chi connectivity index (χ2n) is 3.23. The van der Waals surface area contributed by atoms with Crippen molar-refractivity contribution in [3.63, 3.8) is 0 Å². The molecule has 0 unspecified atom stereocenters. The molecular formula is C9H5ClF5NO2. The van der Waals surface area contributed by atoms with Crippen LogP contribution in [-0.2, 0) is 17.4 Å². The molecule has 1 N–H and O–H groups in total. The van der Waals surface area contributed by atoms with E-state index in [0.717, 1.165) is 0 Å². The van der Waals surface area contributed by atoms with E-state index in [2.05, 4.69) is 4.98 Å². The fourth-order valence-electron chi connectivity index (χ4n) is 1.19. The Bertz CT molecular complexity index is 475. The highest BCUT2D eigenvalue weighted by molar-refractivity contribution is 6.32. The molecule has 18 heavy (non-hydrogen) atoms. The van der Waals surface area contributed by atoms with Crippen molar-refractivity contribution >= 4 is 17.6 Å². The standard InChI is InChI=1S/C9H5ClF5NO2/c10-6-3(2-5(17)18)1-4(9(13,14)15)16-7(6)8(11)12/h1,8H,2H2,(H,17,18). The maximum Gasteiger partial charge on any atom is 0.433 e. The Morgan fingerprint density at radius 3 is 2.39 bits per heavy atom. The molecule has 1 heterocycles. The van der Waals surface area contributed by atoms with Crippen LogP contribution in [0.5, 0.6) is 0 Å². The summed E-state index contributed by atoms with van der Waals surface area (Å²) >= 11 is 5.40. The number of nitrogens with zero attached hydrogens (tertiary/aromatic N) is 1. The van der Waals surface area contributed by atoms with Gasteiger partial charge in [0.05, 0.1) is 11.4 Å². The summed E-state index contributed by atoms with van der Waals surface area (Å²) in [5.74, 6) is -1.49. The summed E-state index contributed by atoms with van der Waals surface area (Å²) in [6.45, 7) is 0. The number of aromatic nitrogens is 1. The van der Waals surface area contributed by atoms with Gasteiger partial charge in [-0.3, -0.25) is 4.79 Å². The van der Waals surface area contributed by atoms with E-state index in [1.807, 2.05) is 0 Å². The van der Waals surface area contributed by atoms with E-state index in [1.54, 1.807) is 0 Å². The predicted octanol–water partition coefficient (Wildman–Crippen LogP) is 3.32. The van der Waals surface area contributed by atoms with Crippen LogP contribution in [-0.4, -0.2) is 16.1 Å². The minimum Gasteiger partial charge on any atom is -0.481 e. The number of alkyl halides is 5. The number of hydrogen-bond donors (Lipinski definition) is 1. The summed E-state index contributed by atoms with van der Waals surface area (Å²) in [7, 11) is 0. The first-order chi connectivity index (χ1) is 8.12. The van der Waals surface area contributed by atoms with Gasteiger partial charge in [-0.1, -0.05) is 11.6 Å². The van der Waals surface area contributed by atoms with Crippen LogP contribution in [0.2, 0.25) is 5.02 Å². The molecule has 0 atom stereocenters. The first-order valence-electron chi connectivity index (χ1n) is 4.39. The quantitative estimate of drug-likeness (QED) is 0.869. The van der Waals surface area contributed by atoms with Gasteiger partial charge in [0.2, 0.25) is 0 Å². The second kappa shape index (κ2) is 5.05. The van der Waals surface area contributed by atoms with E-state index in [4.69, 9.17) is 16.7 Å². The van der Waals surface area contributed by atoms with Gasteiger partial charge < -0.3 is 5.11 Å². The number of aliphatic carboxylic acids is 1. The van der Waals surface area contributed by atoms with E-state index in [0.29, 0.717) is 6.07 Å². The molecule has 0 aliphatic heterocycles. The Morgan fingerprint density at radius 2 is 2.00 bits per heavy atom. The molecule has 1 rings (SSSR count). The highest BCUT2D eigenvalue weighted by Crippen LogP contribution is 2.35. The molecule has 0 saturated heterocycles. The van der Waals surface area contributed by atoms with Crippen molar-refractivity contribution in [2.45, 2.75) is 19.0 Å². The minimum atomic E-state index is -4.96. The van der Waals surface area contributed by atoms with E-state index >= 15 is 0 Å². The third kappa shape index (κ3) is 3.28. The van der Waals surface area contributed by atoms with Crippen molar-refractivity contribution in [3.8, 4) is 0 Å². The number of pyridine rings is 1. The topological polar surface area (TPSA) is 50.2 Å². The van der Waals surface area contributed by atoms with E-state index in [9.17, 15) is 26.7 Å². The Kier molecular flexibility index (Phi) is 4.10. The number of carboxylic acid groups (broad SMARTS) is 1. The van der Waals surface area contributed by atoms with Crippen LogP contribution in [0.4, 0.5) is 22.0 Å². The van der Waals surface area contributed by atoms with Crippen LogP contribution >= 0.6 is 11.6 Å². The zero-order chi connectivity index (χ0) is 14.1. The molecule has 3 nitrogen and oxygen atoms in total. The maximum atomic E-state index is 12.5. The van der Waals surface area contributed by atoms with Crippen molar-refractivity contribution in [2.24, 2.45) is 0 Å². The van der Waals surface area contributed by atoms with Gasteiger partial charge in [0.15, 0.2) is 0 Å². The van der Waals surface area contributed by atoms with Crippen molar-refractivity contribution in [2.75, 3.05) is 0 Å². The SMILES string of the molecule is O=C(O)Cc1cc(C(F)(F)F)nc(C(F)F)c1Cl. The van der Waals surface area contributed by atoms with Gasteiger partial charge in [0, 0.05) is 0 Å². The fraction of sp³-hybridized carbons (Fsp3) is 0.333. The van der Waals surface area contributed by atoms with Gasteiger partial charge in [-0.15, -0.1) is 0 Å². The summed E-state index contributed by atoms with van der Waals surface area (Å²) in [6, 6.07) is 0.350. The molecule has 0 amide bonds. The van der Waals surface area contributed by atoms with Crippen LogP contribution in [0, 0.1) is 0 Å². The lowest BCUT2D eigenvalue weighted by atomic mass is 10.1. The van der Waals surface area contributed by atoms with E-state index in [1.165, 1.54) is 0 Å². The highest BCUT2D eigenvalue weighted by Gasteiger charge is 2.35. The third-order valence-electron chi connectivity index (χ3n) is 1.90. The molecule has 0 aliphatic carbocycles. The Balaban J connectivity index is 3.41. The molecule has 100 valence electrons. The summed E-state index contributed by atoms with van der Waals surface area (Å²) in [4.78, 5) is 13.1. The van der Waals surface area contributed by atoms with Gasteiger partial charge >= 0.3 is 12.1 Å². The first-order valence-corrected chi connectivity index (χ1v) is 4.77. The van der Waals surface area contributed by atoms with Gasteiger partial charge in [-0.2, -0.15) is 13.2 Å². The second-order valence-corrected chi connectivity index (χ2v) is 3.61. The number of rotatable bonds is 3. The molecule has 9 heteroatoms. The zero-order valence-electron chi connectivity index (χ0n) is 8.43. The van der Waals surface area contributed by atoms with Gasteiger partial charge in [-0.05, 0) is 11.6 Å². The monoisotopic (exact) mass is 289 g/mol. The summed E-state index contributed by atoms with van der Waals surface area (Å²) in [5.41, 5.74) is -3.43. The smallest absolute Gasteiger partial charge is 0.433 e. The summed E-state index contributed by atoms with van der Waals surface area (Å²) in [6.07, 6.45) is -9.18. The third-order valence-corrected chi connectivity index (χ3v) is 2.33. The molecule has 1 aromatic heterocycles.